The Hall–Kier alpha value is -3.70. The number of allylic oxidation sites excluding steroid dienone is 2. The van der Waals surface area contributed by atoms with Crippen molar-refractivity contribution in [3.8, 4) is 16.3 Å². The van der Waals surface area contributed by atoms with Gasteiger partial charge in [-0.1, -0.05) is 0 Å². The summed E-state index contributed by atoms with van der Waals surface area (Å²) in [6, 6.07) is 1.77. The first-order valence-corrected chi connectivity index (χ1v) is 12.3. The molecule has 10 nitrogen and oxygen atoms in total. The fourth-order valence-corrected chi connectivity index (χ4v) is 6.35. The summed E-state index contributed by atoms with van der Waals surface area (Å²) in [6.45, 7) is 0. The number of phenolic OH excluding ortho intramolecular Hbond substituents is 1. The summed E-state index contributed by atoms with van der Waals surface area (Å²) in [5.41, 5.74) is -1.72. The summed E-state index contributed by atoms with van der Waals surface area (Å²) in [5, 5.41) is 48.9. The molecule has 3 aliphatic carbocycles. The van der Waals surface area contributed by atoms with Crippen LogP contribution in [-0.4, -0.2) is 69.6 Å². The second kappa shape index (κ2) is 8.17. The van der Waals surface area contributed by atoms with E-state index < -0.39 is 52.0 Å². The van der Waals surface area contributed by atoms with Gasteiger partial charge in [0.05, 0.1) is 11.1 Å². The van der Waals surface area contributed by atoms with Crippen LogP contribution in [0.4, 0.5) is 5.69 Å². The minimum atomic E-state index is -2.54. The maximum absolute atomic E-state index is 13.9. The number of carbonyl (C=O) groups is 3. The van der Waals surface area contributed by atoms with Gasteiger partial charge in [-0.15, -0.1) is 11.3 Å². The van der Waals surface area contributed by atoms with Crippen molar-refractivity contribution < 1.29 is 34.8 Å². The molecule has 3 aliphatic rings. The zero-order chi connectivity index (χ0) is 26.1. The first kappa shape index (κ1) is 24.0. The average Bonchev–Trinajstić information content (AvgIpc) is 3.36. The van der Waals surface area contributed by atoms with Gasteiger partial charge in [0, 0.05) is 56.3 Å². The number of fused-ring (bicyclic) bond motifs is 3. The van der Waals surface area contributed by atoms with E-state index in [9.17, 15) is 34.8 Å². The molecule has 0 aliphatic heterocycles. The number of rotatable bonds is 3. The summed E-state index contributed by atoms with van der Waals surface area (Å²) in [7, 11) is 4.90. The van der Waals surface area contributed by atoms with Crippen LogP contribution in [-0.2, 0) is 16.0 Å². The number of nitrogens with zero attached hydrogens (tertiary/aromatic N) is 2. The molecule has 0 fully saturated rings. The third-order valence-corrected chi connectivity index (χ3v) is 8.20. The highest BCUT2D eigenvalue weighted by molar-refractivity contribution is 7.13. The van der Waals surface area contributed by atoms with Gasteiger partial charge in [0.25, 0.3) is 5.91 Å². The number of carbonyl (C=O) groups excluding carboxylic acids is 3. The van der Waals surface area contributed by atoms with Crippen molar-refractivity contribution in [1.29, 1.82) is 0 Å². The Bertz CT molecular complexity index is 1390. The Labute approximate surface area is 210 Å². The molecule has 3 atom stereocenters. The van der Waals surface area contributed by atoms with Gasteiger partial charge in [-0.3, -0.25) is 14.4 Å². The summed E-state index contributed by atoms with van der Waals surface area (Å²) >= 11 is 1.29. The molecule has 5 N–H and O–H groups in total. The number of aliphatic hydroxyl groups excluding tert-OH is 2. The molecule has 0 saturated carbocycles. The van der Waals surface area contributed by atoms with Crippen LogP contribution in [0.25, 0.3) is 10.6 Å². The molecule has 11 heteroatoms. The van der Waals surface area contributed by atoms with E-state index in [-0.39, 0.29) is 36.1 Å². The van der Waals surface area contributed by atoms with E-state index in [1.165, 1.54) is 18.4 Å². The van der Waals surface area contributed by atoms with Crippen LogP contribution in [0.5, 0.6) is 5.75 Å². The van der Waals surface area contributed by atoms with Crippen LogP contribution in [0.2, 0.25) is 0 Å². The van der Waals surface area contributed by atoms with Crippen molar-refractivity contribution in [2.45, 2.75) is 24.9 Å². The number of aromatic hydroxyl groups is 1. The lowest BCUT2D eigenvalue weighted by Crippen LogP contribution is -2.57. The lowest BCUT2D eigenvalue weighted by atomic mass is 9.60. The van der Waals surface area contributed by atoms with Gasteiger partial charge in [-0.25, -0.2) is 4.98 Å². The largest absolute Gasteiger partial charge is 0.511 e. The summed E-state index contributed by atoms with van der Waals surface area (Å²) in [6.07, 6.45) is 1.74. The number of ketones is 2. The standard InChI is InChI=1S/C25H25N3O7S/c1-26-23(34)18-15(29)8-11-6-10-7-12-14(28(2)3)9-13(24-27-4-5-36-24)19(30)17(12)20(31)16(10)21(32)25(11,35)22(18)33/h4-5,9-11,29-30,32,35H,6-8H2,1-3H3,(H,26,34)/t10-,11+,25+/m1/s1. The van der Waals surface area contributed by atoms with E-state index in [1.807, 2.05) is 19.0 Å². The van der Waals surface area contributed by atoms with Crippen molar-refractivity contribution in [3.05, 3.63) is 51.4 Å². The fourth-order valence-electron chi connectivity index (χ4n) is 5.69. The predicted molar refractivity (Wildman–Crippen MR) is 131 cm³/mol. The molecular weight excluding hydrogens is 486 g/mol. The minimum absolute atomic E-state index is 0.0144. The molecule has 1 aromatic heterocycles. The molecule has 1 amide bonds. The van der Waals surface area contributed by atoms with Gasteiger partial charge < -0.3 is 30.6 Å². The van der Waals surface area contributed by atoms with E-state index >= 15 is 0 Å². The number of benzene rings is 1. The van der Waals surface area contributed by atoms with Crippen LogP contribution in [0.3, 0.4) is 0 Å². The highest BCUT2D eigenvalue weighted by Gasteiger charge is 2.60. The van der Waals surface area contributed by atoms with E-state index in [0.717, 1.165) is 0 Å². The maximum atomic E-state index is 13.9. The predicted octanol–water partition coefficient (Wildman–Crippen LogP) is 2.03. The molecular formula is C25H25N3O7S. The number of hydrogen-bond acceptors (Lipinski definition) is 10. The van der Waals surface area contributed by atoms with Gasteiger partial charge in [0.15, 0.2) is 11.4 Å². The first-order valence-electron chi connectivity index (χ1n) is 11.4. The summed E-state index contributed by atoms with van der Waals surface area (Å²) in [5.74, 6) is -5.84. The van der Waals surface area contributed by atoms with Crippen molar-refractivity contribution in [3.63, 3.8) is 0 Å². The number of anilines is 1. The van der Waals surface area contributed by atoms with Gasteiger partial charge in [-0.05, 0) is 30.4 Å². The zero-order valence-electron chi connectivity index (χ0n) is 19.8. The van der Waals surface area contributed by atoms with Crippen LogP contribution >= 0.6 is 11.3 Å². The number of likely N-dealkylation sites (N-methyl/N-ethyl adjacent to an activating group) is 1. The molecule has 2 aromatic rings. The average molecular weight is 512 g/mol. The van der Waals surface area contributed by atoms with Gasteiger partial charge in [0.2, 0.25) is 5.78 Å². The van der Waals surface area contributed by atoms with Crippen molar-refractivity contribution >= 4 is 34.5 Å². The Kier molecular flexibility index (Phi) is 5.45. The highest BCUT2D eigenvalue weighted by Crippen LogP contribution is 2.53. The third kappa shape index (κ3) is 3.12. The van der Waals surface area contributed by atoms with E-state index in [4.69, 9.17) is 0 Å². The highest BCUT2D eigenvalue weighted by atomic mass is 32.1. The number of thiazole rings is 1. The molecule has 0 radical (unpaired) electrons. The quantitative estimate of drug-likeness (QED) is 0.388. The second-order valence-corrected chi connectivity index (χ2v) is 10.4. The van der Waals surface area contributed by atoms with Crippen LogP contribution in [0.1, 0.15) is 28.8 Å². The van der Waals surface area contributed by atoms with Crippen molar-refractivity contribution in [1.82, 2.24) is 10.3 Å². The number of Topliss-reactive ketones (excluding diaryl/α,β-unsaturated/α-hetero) is 2. The lowest BCUT2D eigenvalue weighted by molar-refractivity contribution is -0.144. The fraction of sp³-hybridized carbons (Fsp3) is 0.360. The summed E-state index contributed by atoms with van der Waals surface area (Å²) < 4.78 is 0. The van der Waals surface area contributed by atoms with E-state index in [0.29, 0.717) is 21.8 Å². The van der Waals surface area contributed by atoms with Crippen molar-refractivity contribution in [2.24, 2.45) is 11.8 Å². The molecule has 0 bridgehead atoms. The van der Waals surface area contributed by atoms with Crippen LogP contribution in [0.15, 0.2) is 40.3 Å². The van der Waals surface area contributed by atoms with Gasteiger partial charge >= 0.3 is 0 Å². The number of phenols is 1. The maximum Gasteiger partial charge on any atom is 0.258 e. The molecule has 0 saturated heterocycles. The number of aromatic nitrogens is 1. The normalized spacial score (nSPS) is 25.3. The number of hydrogen-bond donors (Lipinski definition) is 5. The van der Waals surface area contributed by atoms with Gasteiger partial charge in [-0.2, -0.15) is 0 Å². The molecule has 188 valence electrons. The number of nitrogens with one attached hydrogen (secondary N) is 1. The molecule has 1 heterocycles. The smallest absolute Gasteiger partial charge is 0.258 e. The summed E-state index contributed by atoms with van der Waals surface area (Å²) in [4.78, 5) is 45.4. The minimum Gasteiger partial charge on any atom is -0.511 e. The molecule has 5 rings (SSSR count). The lowest BCUT2D eigenvalue weighted by Gasteiger charge is -2.46. The Morgan fingerprint density at radius 2 is 1.94 bits per heavy atom. The van der Waals surface area contributed by atoms with Crippen LogP contribution in [0, 0.1) is 11.8 Å². The van der Waals surface area contributed by atoms with E-state index in [1.54, 1.807) is 17.6 Å². The number of aliphatic hydroxyl groups is 3. The molecule has 0 unspecified atom stereocenters. The third-order valence-electron chi connectivity index (χ3n) is 7.39. The SMILES string of the molecule is CNC(=O)C1=C(O)C[C@@H]2C[C@@H]3Cc4c(N(C)C)cc(-c5nccs5)c(O)c4C(=O)C3=C(O)[C@]2(O)C1=O. The van der Waals surface area contributed by atoms with Crippen molar-refractivity contribution in [2.75, 3.05) is 26.0 Å². The molecule has 1 aromatic carbocycles. The number of amides is 1. The Balaban J connectivity index is 1.71. The zero-order valence-corrected chi connectivity index (χ0v) is 20.6. The van der Waals surface area contributed by atoms with E-state index in [2.05, 4.69) is 10.3 Å². The first-order chi connectivity index (χ1) is 17.0. The van der Waals surface area contributed by atoms with Crippen LogP contribution < -0.4 is 10.2 Å². The monoisotopic (exact) mass is 511 g/mol. The topological polar surface area (TPSA) is 160 Å². The van der Waals surface area contributed by atoms with Gasteiger partial charge in [0.1, 0.15) is 27.8 Å². The molecule has 0 spiro atoms. The molecule has 36 heavy (non-hydrogen) atoms. The second-order valence-electron chi connectivity index (χ2n) is 9.50. The Morgan fingerprint density at radius 1 is 1.22 bits per heavy atom. The Morgan fingerprint density at radius 3 is 2.56 bits per heavy atom.